The van der Waals surface area contributed by atoms with Crippen LogP contribution in [0, 0.1) is 0 Å². The molecule has 0 aromatic heterocycles. The van der Waals surface area contributed by atoms with Gasteiger partial charge < -0.3 is 10.2 Å². The van der Waals surface area contributed by atoms with E-state index in [0.29, 0.717) is 17.7 Å². The van der Waals surface area contributed by atoms with Gasteiger partial charge >= 0.3 is 6.03 Å². The van der Waals surface area contributed by atoms with Crippen molar-refractivity contribution in [3.05, 3.63) is 29.8 Å². The molecule has 1 aliphatic heterocycles. The minimum absolute atomic E-state index is 0.0729. The Bertz CT molecular complexity index is 656. The Morgan fingerprint density at radius 2 is 2.00 bits per heavy atom. The maximum atomic E-state index is 11.9. The fraction of sp³-hybridized carbons (Fsp3) is 0.375. The second-order valence-electron chi connectivity index (χ2n) is 5.47. The standard InChI is InChI=1S/C16H19N3O4/c1-11(20)12-5-3-6-13(9-12)17-14(21)7-4-8-19-15(22)10-18(2)16(19)23/h3,5-6,9H,4,7-8,10H2,1-2H3,(H,17,21). The highest BCUT2D eigenvalue weighted by atomic mass is 16.2. The lowest BCUT2D eigenvalue weighted by atomic mass is 10.1. The molecule has 4 amide bonds. The van der Waals surface area contributed by atoms with Crippen LogP contribution < -0.4 is 5.32 Å². The van der Waals surface area contributed by atoms with Gasteiger partial charge in [0.05, 0.1) is 0 Å². The third kappa shape index (κ3) is 4.15. The summed E-state index contributed by atoms with van der Waals surface area (Å²) in [5.41, 5.74) is 1.08. The number of urea groups is 1. The van der Waals surface area contributed by atoms with Crippen molar-refractivity contribution in [3.8, 4) is 0 Å². The monoisotopic (exact) mass is 317 g/mol. The van der Waals surface area contributed by atoms with E-state index in [4.69, 9.17) is 0 Å². The van der Waals surface area contributed by atoms with Crippen molar-refractivity contribution in [2.75, 3.05) is 25.5 Å². The van der Waals surface area contributed by atoms with Crippen molar-refractivity contribution in [1.82, 2.24) is 9.80 Å². The molecule has 0 saturated carbocycles. The number of nitrogens with one attached hydrogen (secondary N) is 1. The molecule has 0 spiro atoms. The van der Waals surface area contributed by atoms with E-state index in [1.165, 1.54) is 11.8 Å². The third-order valence-corrected chi connectivity index (χ3v) is 3.57. The molecule has 1 aromatic carbocycles. The van der Waals surface area contributed by atoms with E-state index in [2.05, 4.69) is 5.32 Å². The average molecular weight is 317 g/mol. The molecule has 0 unspecified atom stereocenters. The van der Waals surface area contributed by atoms with Gasteiger partial charge in [0.15, 0.2) is 5.78 Å². The summed E-state index contributed by atoms with van der Waals surface area (Å²) in [5.74, 6) is -0.540. The predicted octanol–water partition coefficient (Wildman–Crippen LogP) is 1.50. The van der Waals surface area contributed by atoms with Gasteiger partial charge in [-0.05, 0) is 25.5 Å². The van der Waals surface area contributed by atoms with Crippen LogP contribution in [-0.4, -0.2) is 53.6 Å². The summed E-state index contributed by atoms with van der Waals surface area (Å²) in [5, 5.41) is 2.70. The van der Waals surface area contributed by atoms with Crippen LogP contribution in [0.2, 0.25) is 0 Å². The number of imide groups is 1. The molecule has 122 valence electrons. The van der Waals surface area contributed by atoms with E-state index in [-0.39, 0.29) is 43.1 Å². The Morgan fingerprint density at radius 1 is 1.26 bits per heavy atom. The largest absolute Gasteiger partial charge is 0.326 e. The van der Waals surface area contributed by atoms with Crippen LogP contribution in [-0.2, 0) is 9.59 Å². The quantitative estimate of drug-likeness (QED) is 0.636. The van der Waals surface area contributed by atoms with Crippen LogP contribution in [0.1, 0.15) is 30.1 Å². The van der Waals surface area contributed by atoms with Gasteiger partial charge in [-0.25, -0.2) is 4.79 Å². The summed E-state index contributed by atoms with van der Waals surface area (Å²) in [7, 11) is 1.56. The average Bonchev–Trinajstić information content (AvgIpc) is 2.73. The van der Waals surface area contributed by atoms with E-state index in [1.54, 1.807) is 31.3 Å². The first-order valence-electron chi connectivity index (χ1n) is 7.35. The molecule has 0 radical (unpaired) electrons. The van der Waals surface area contributed by atoms with Gasteiger partial charge in [-0.1, -0.05) is 12.1 Å². The maximum Gasteiger partial charge on any atom is 0.326 e. The number of hydrogen-bond donors (Lipinski definition) is 1. The molecule has 1 saturated heterocycles. The van der Waals surface area contributed by atoms with E-state index < -0.39 is 0 Å². The van der Waals surface area contributed by atoms with Gasteiger partial charge in [0, 0.05) is 31.3 Å². The fourth-order valence-electron chi connectivity index (χ4n) is 2.33. The number of carbonyl (C=O) groups is 4. The highest BCUT2D eigenvalue weighted by Gasteiger charge is 2.32. The van der Waals surface area contributed by atoms with E-state index >= 15 is 0 Å². The molecule has 23 heavy (non-hydrogen) atoms. The van der Waals surface area contributed by atoms with Crippen molar-refractivity contribution >= 4 is 29.3 Å². The number of ketones is 1. The molecule has 2 rings (SSSR count). The first-order valence-corrected chi connectivity index (χ1v) is 7.35. The maximum absolute atomic E-state index is 11.9. The number of anilines is 1. The number of benzene rings is 1. The van der Waals surface area contributed by atoms with Crippen LogP contribution >= 0.6 is 0 Å². The van der Waals surface area contributed by atoms with Gasteiger partial charge in [0.25, 0.3) is 0 Å². The minimum atomic E-state index is -0.329. The Morgan fingerprint density at radius 3 is 2.61 bits per heavy atom. The van der Waals surface area contributed by atoms with Gasteiger partial charge in [-0.3, -0.25) is 19.3 Å². The summed E-state index contributed by atoms with van der Waals surface area (Å²) in [6.07, 6.45) is 0.578. The Hall–Kier alpha value is -2.70. The summed E-state index contributed by atoms with van der Waals surface area (Å²) in [6.45, 7) is 1.77. The number of amides is 4. The van der Waals surface area contributed by atoms with E-state index in [0.717, 1.165) is 4.90 Å². The fourth-order valence-corrected chi connectivity index (χ4v) is 2.33. The molecular weight excluding hydrogens is 298 g/mol. The molecule has 1 aliphatic rings. The lowest BCUT2D eigenvalue weighted by Gasteiger charge is -2.13. The number of carbonyl (C=O) groups excluding carboxylic acids is 4. The smallest absolute Gasteiger partial charge is 0.326 e. The molecule has 0 aliphatic carbocycles. The molecule has 1 aromatic rings. The summed E-state index contributed by atoms with van der Waals surface area (Å²) >= 11 is 0. The number of likely N-dealkylation sites (N-methyl/N-ethyl adjacent to an activating group) is 1. The van der Waals surface area contributed by atoms with Gasteiger partial charge in [0.2, 0.25) is 11.8 Å². The second kappa shape index (κ2) is 7.04. The molecule has 1 N–H and O–H groups in total. The van der Waals surface area contributed by atoms with Gasteiger partial charge in [-0.2, -0.15) is 0 Å². The highest BCUT2D eigenvalue weighted by molar-refractivity contribution is 6.02. The Kier molecular flexibility index (Phi) is 5.10. The van der Waals surface area contributed by atoms with Crippen molar-refractivity contribution in [2.45, 2.75) is 19.8 Å². The zero-order valence-electron chi connectivity index (χ0n) is 13.2. The van der Waals surface area contributed by atoms with Crippen molar-refractivity contribution in [3.63, 3.8) is 0 Å². The zero-order valence-corrected chi connectivity index (χ0v) is 13.2. The Labute approximate surface area is 134 Å². The van der Waals surface area contributed by atoms with Crippen LogP contribution in [0.3, 0.4) is 0 Å². The molecule has 7 heteroatoms. The molecule has 0 bridgehead atoms. The number of nitrogens with zero attached hydrogens (tertiary/aromatic N) is 2. The zero-order chi connectivity index (χ0) is 17.0. The molecule has 1 fully saturated rings. The van der Waals surface area contributed by atoms with Crippen LogP contribution in [0.5, 0.6) is 0 Å². The lowest BCUT2D eigenvalue weighted by Crippen LogP contribution is -2.32. The summed E-state index contributed by atoms with van der Waals surface area (Å²) in [4.78, 5) is 49.0. The SMILES string of the molecule is CC(=O)c1cccc(NC(=O)CCCN2C(=O)CN(C)C2=O)c1. The van der Waals surface area contributed by atoms with Crippen molar-refractivity contribution in [1.29, 1.82) is 0 Å². The van der Waals surface area contributed by atoms with E-state index in [9.17, 15) is 19.2 Å². The normalized spacial score (nSPS) is 14.3. The molecular formula is C16H19N3O4. The van der Waals surface area contributed by atoms with Gasteiger partial charge in [-0.15, -0.1) is 0 Å². The van der Waals surface area contributed by atoms with Crippen molar-refractivity contribution in [2.24, 2.45) is 0 Å². The number of Topliss-reactive ketones (excluding diaryl/α,β-unsaturated/α-hetero) is 1. The second-order valence-corrected chi connectivity index (χ2v) is 5.47. The Balaban J connectivity index is 1.82. The van der Waals surface area contributed by atoms with Gasteiger partial charge in [0.1, 0.15) is 6.54 Å². The number of hydrogen-bond acceptors (Lipinski definition) is 4. The van der Waals surface area contributed by atoms with Crippen LogP contribution in [0.15, 0.2) is 24.3 Å². The molecule has 7 nitrogen and oxygen atoms in total. The first kappa shape index (κ1) is 16.7. The molecule has 0 atom stereocenters. The van der Waals surface area contributed by atoms with Crippen molar-refractivity contribution < 1.29 is 19.2 Å². The third-order valence-electron chi connectivity index (χ3n) is 3.57. The lowest BCUT2D eigenvalue weighted by molar-refractivity contribution is -0.125. The topological polar surface area (TPSA) is 86.8 Å². The summed E-state index contributed by atoms with van der Waals surface area (Å²) in [6, 6.07) is 6.36. The molecule has 1 heterocycles. The highest BCUT2D eigenvalue weighted by Crippen LogP contribution is 2.13. The van der Waals surface area contributed by atoms with Crippen LogP contribution in [0.25, 0.3) is 0 Å². The first-order chi connectivity index (χ1) is 10.9. The predicted molar refractivity (Wildman–Crippen MR) is 84.0 cm³/mol. The van der Waals surface area contributed by atoms with Crippen LogP contribution in [0.4, 0.5) is 10.5 Å². The summed E-state index contributed by atoms with van der Waals surface area (Å²) < 4.78 is 0. The number of rotatable bonds is 6. The minimum Gasteiger partial charge on any atom is -0.326 e. The van der Waals surface area contributed by atoms with E-state index in [1.807, 2.05) is 0 Å².